The van der Waals surface area contributed by atoms with Crippen molar-refractivity contribution in [1.82, 2.24) is 18.9 Å². The van der Waals surface area contributed by atoms with Crippen molar-refractivity contribution in [2.75, 3.05) is 13.1 Å². The number of amides is 4. The van der Waals surface area contributed by atoms with Crippen LogP contribution in [0, 0.1) is 0 Å². The summed E-state index contributed by atoms with van der Waals surface area (Å²) in [4.78, 5) is 67.0. The van der Waals surface area contributed by atoms with Crippen LogP contribution in [0.25, 0.3) is 6.08 Å². The first-order chi connectivity index (χ1) is 17.7. The van der Waals surface area contributed by atoms with Gasteiger partial charge in [-0.3, -0.25) is 33.3 Å². The summed E-state index contributed by atoms with van der Waals surface area (Å²) in [5, 5.41) is 10.8. The molecule has 0 aromatic carbocycles. The predicted octanol–water partition coefficient (Wildman–Crippen LogP) is 3.65. The minimum atomic E-state index is -0.682. The van der Waals surface area contributed by atoms with E-state index in [1.54, 1.807) is 0 Å². The SMILES string of the molecule is CCCCN1C(=O)C(=CC=Cc2c(O)n(CCCC)c(=O)n(CCCC)c2=O)C(=O)N(CCCC)C1=O. The number of carbonyl (C=O) groups is 3. The molecule has 1 N–H and O–H groups in total. The number of carbonyl (C=O) groups excluding carboxylic acids is 3. The van der Waals surface area contributed by atoms with Gasteiger partial charge in [-0.15, -0.1) is 0 Å². The molecular weight excluding hydrogens is 476 g/mol. The van der Waals surface area contributed by atoms with Gasteiger partial charge in [0.05, 0.1) is 0 Å². The molecule has 10 heteroatoms. The van der Waals surface area contributed by atoms with E-state index in [1.807, 2.05) is 27.7 Å². The average molecular weight is 517 g/mol. The van der Waals surface area contributed by atoms with Crippen molar-refractivity contribution < 1.29 is 19.5 Å². The van der Waals surface area contributed by atoms with Crippen LogP contribution < -0.4 is 11.2 Å². The number of aromatic nitrogens is 2. The minimum Gasteiger partial charge on any atom is -0.494 e. The molecule has 1 aromatic heterocycles. The molecule has 2 rings (SSSR count). The molecule has 37 heavy (non-hydrogen) atoms. The highest BCUT2D eigenvalue weighted by atomic mass is 16.3. The Morgan fingerprint density at radius 2 is 1.14 bits per heavy atom. The van der Waals surface area contributed by atoms with Gasteiger partial charge in [0.25, 0.3) is 17.4 Å². The van der Waals surface area contributed by atoms with E-state index in [1.165, 1.54) is 22.8 Å². The smallest absolute Gasteiger partial charge is 0.333 e. The van der Waals surface area contributed by atoms with Crippen LogP contribution in [0.5, 0.6) is 5.88 Å². The Kier molecular flexibility index (Phi) is 11.6. The molecule has 1 aliphatic rings. The second kappa shape index (κ2) is 14.3. The molecule has 4 amide bonds. The standard InChI is InChI=1S/C27H40N4O6/c1-5-9-16-28-22(32)20(23(33)29(26(28)36)17-10-6-2)14-13-15-21-24(34)30(18-11-7-3)27(37)31(25(21)35)19-12-8-4/h13-15,32H,5-12,16-19H2,1-4H3. The lowest BCUT2D eigenvalue weighted by Gasteiger charge is -2.33. The summed E-state index contributed by atoms with van der Waals surface area (Å²) in [5.41, 5.74) is -1.48. The van der Waals surface area contributed by atoms with E-state index in [9.17, 15) is 29.1 Å². The van der Waals surface area contributed by atoms with Gasteiger partial charge in [0.2, 0.25) is 5.88 Å². The van der Waals surface area contributed by atoms with Crippen molar-refractivity contribution in [3.63, 3.8) is 0 Å². The molecule has 0 radical (unpaired) electrons. The highest BCUT2D eigenvalue weighted by Gasteiger charge is 2.40. The highest BCUT2D eigenvalue weighted by molar-refractivity contribution is 6.28. The Balaban J connectivity index is 2.54. The summed E-state index contributed by atoms with van der Waals surface area (Å²) in [5.74, 6) is -1.81. The van der Waals surface area contributed by atoms with Gasteiger partial charge in [-0.1, -0.05) is 59.5 Å². The molecule has 204 valence electrons. The number of rotatable bonds is 14. The molecule has 2 heterocycles. The largest absolute Gasteiger partial charge is 0.494 e. The number of hydrogen-bond acceptors (Lipinski definition) is 6. The van der Waals surface area contributed by atoms with E-state index in [4.69, 9.17) is 0 Å². The van der Waals surface area contributed by atoms with E-state index in [0.717, 1.165) is 40.1 Å². The fourth-order valence-electron chi connectivity index (χ4n) is 4.00. The maximum absolute atomic E-state index is 13.1. The summed E-state index contributed by atoms with van der Waals surface area (Å²) in [6, 6.07) is -0.613. The highest BCUT2D eigenvalue weighted by Crippen LogP contribution is 2.20. The lowest BCUT2D eigenvalue weighted by Crippen LogP contribution is -2.56. The fraction of sp³-hybridized carbons (Fsp3) is 0.593. The number of allylic oxidation sites excluding steroid dienone is 2. The minimum absolute atomic E-state index is 0.0962. The molecule has 10 nitrogen and oxygen atoms in total. The normalized spacial score (nSPS) is 14.4. The topological polar surface area (TPSA) is 122 Å². The third-order valence-electron chi connectivity index (χ3n) is 6.31. The Morgan fingerprint density at radius 1 is 0.676 bits per heavy atom. The van der Waals surface area contributed by atoms with E-state index >= 15 is 0 Å². The van der Waals surface area contributed by atoms with Crippen LogP contribution in [0.1, 0.15) is 84.6 Å². The second-order valence-electron chi connectivity index (χ2n) is 9.18. The van der Waals surface area contributed by atoms with Crippen LogP contribution in [0.3, 0.4) is 0 Å². The first-order valence-corrected chi connectivity index (χ1v) is 13.4. The Hall–Kier alpha value is -3.43. The first kappa shape index (κ1) is 29.8. The van der Waals surface area contributed by atoms with Crippen LogP contribution in [0.15, 0.2) is 27.3 Å². The van der Waals surface area contributed by atoms with Gasteiger partial charge >= 0.3 is 11.7 Å². The van der Waals surface area contributed by atoms with Crippen LogP contribution in [0.2, 0.25) is 0 Å². The van der Waals surface area contributed by atoms with E-state index in [-0.39, 0.29) is 37.3 Å². The van der Waals surface area contributed by atoms with Crippen molar-refractivity contribution in [2.24, 2.45) is 0 Å². The summed E-state index contributed by atoms with van der Waals surface area (Å²) in [7, 11) is 0. The van der Waals surface area contributed by atoms with Crippen molar-refractivity contribution in [3.05, 3.63) is 44.1 Å². The maximum Gasteiger partial charge on any atom is 0.333 e. The van der Waals surface area contributed by atoms with Crippen molar-refractivity contribution in [1.29, 1.82) is 0 Å². The molecule has 0 aliphatic carbocycles. The summed E-state index contributed by atoms with van der Waals surface area (Å²) in [6.45, 7) is 8.68. The molecule has 0 bridgehead atoms. The van der Waals surface area contributed by atoms with Crippen LogP contribution in [-0.4, -0.2) is 55.0 Å². The van der Waals surface area contributed by atoms with Crippen molar-refractivity contribution in [3.8, 4) is 5.88 Å². The lowest BCUT2D eigenvalue weighted by molar-refractivity contribution is -0.136. The summed E-state index contributed by atoms with van der Waals surface area (Å²) in [6.07, 6.45) is 9.53. The Labute approximate surface area is 217 Å². The van der Waals surface area contributed by atoms with Gasteiger partial charge in [0.15, 0.2) is 0 Å². The zero-order valence-corrected chi connectivity index (χ0v) is 22.5. The first-order valence-electron chi connectivity index (χ1n) is 13.4. The number of urea groups is 1. The van der Waals surface area contributed by atoms with Gasteiger partial charge in [-0.2, -0.15) is 0 Å². The molecule has 1 aliphatic heterocycles. The molecular formula is C27H40N4O6. The monoisotopic (exact) mass is 516 g/mol. The zero-order chi connectivity index (χ0) is 27.5. The molecule has 0 spiro atoms. The van der Waals surface area contributed by atoms with Gasteiger partial charge in [0.1, 0.15) is 11.1 Å². The maximum atomic E-state index is 13.1. The zero-order valence-electron chi connectivity index (χ0n) is 22.5. The number of barbiturate groups is 1. The molecule has 1 fully saturated rings. The van der Waals surface area contributed by atoms with Crippen LogP contribution in [0.4, 0.5) is 4.79 Å². The molecule has 1 aromatic rings. The second-order valence-corrected chi connectivity index (χ2v) is 9.18. The fourth-order valence-corrected chi connectivity index (χ4v) is 4.00. The Morgan fingerprint density at radius 3 is 1.62 bits per heavy atom. The summed E-state index contributed by atoms with van der Waals surface area (Å²) < 4.78 is 2.29. The Bertz CT molecular complexity index is 1130. The lowest BCUT2D eigenvalue weighted by atomic mass is 10.1. The quantitative estimate of drug-likeness (QED) is 0.298. The van der Waals surface area contributed by atoms with Gasteiger partial charge in [-0.05, 0) is 37.8 Å². The average Bonchev–Trinajstić information content (AvgIpc) is 2.87. The molecule has 1 saturated heterocycles. The van der Waals surface area contributed by atoms with E-state index in [2.05, 4.69) is 0 Å². The third kappa shape index (κ3) is 6.87. The third-order valence-corrected chi connectivity index (χ3v) is 6.31. The number of aromatic hydroxyl groups is 1. The van der Waals surface area contributed by atoms with E-state index < -0.39 is 35.0 Å². The predicted molar refractivity (Wildman–Crippen MR) is 142 cm³/mol. The number of imide groups is 2. The summed E-state index contributed by atoms with van der Waals surface area (Å²) >= 11 is 0. The van der Waals surface area contributed by atoms with Gasteiger partial charge in [0, 0.05) is 26.2 Å². The van der Waals surface area contributed by atoms with E-state index in [0.29, 0.717) is 25.7 Å². The van der Waals surface area contributed by atoms with Crippen molar-refractivity contribution in [2.45, 2.75) is 92.2 Å². The molecule has 0 saturated carbocycles. The molecule has 0 atom stereocenters. The van der Waals surface area contributed by atoms with Gasteiger partial charge < -0.3 is 5.11 Å². The molecule has 0 unspecified atom stereocenters. The number of hydrogen-bond donors (Lipinski definition) is 1. The van der Waals surface area contributed by atoms with Crippen LogP contribution in [-0.2, 0) is 22.7 Å². The van der Waals surface area contributed by atoms with Gasteiger partial charge in [-0.25, -0.2) is 9.59 Å². The van der Waals surface area contributed by atoms with Crippen molar-refractivity contribution >= 4 is 23.9 Å². The number of unbranched alkanes of at least 4 members (excludes halogenated alkanes) is 4. The van der Waals surface area contributed by atoms with Crippen LogP contribution >= 0.6 is 0 Å². The number of nitrogens with zero attached hydrogens (tertiary/aromatic N) is 4.